The summed E-state index contributed by atoms with van der Waals surface area (Å²) in [5, 5.41) is 8.94. The standard InChI is InChI=1S/C19H24ClN3O/c1-5-23-14(4)19(13(3)22-23)12(2)21-10-15-8-16-9-17(20)6-7-18(16)24-11-15/h6-9,12,21H,5,10-11H2,1-4H3. The maximum Gasteiger partial charge on any atom is 0.127 e. The summed E-state index contributed by atoms with van der Waals surface area (Å²) in [6.45, 7) is 10.8. The minimum Gasteiger partial charge on any atom is -0.489 e. The number of hydrogen-bond acceptors (Lipinski definition) is 3. The monoisotopic (exact) mass is 345 g/mol. The summed E-state index contributed by atoms with van der Waals surface area (Å²) in [7, 11) is 0. The molecule has 0 saturated heterocycles. The van der Waals surface area contributed by atoms with Crippen molar-refractivity contribution in [1.29, 1.82) is 0 Å². The van der Waals surface area contributed by atoms with E-state index in [1.54, 1.807) is 0 Å². The van der Waals surface area contributed by atoms with Crippen LogP contribution in [0.3, 0.4) is 0 Å². The lowest BCUT2D eigenvalue weighted by molar-refractivity contribution is 0.341. The highest BCUT2D eigenvalue weighted by Gasteiger charge is 2.18. The summed E-state index contributed by atoms with van der Waals surface area (Å²) in [4.78, 5) is 0. The Hall–Kier alpha value is -1.78. The third-order valence-corrected chi connectivity index (χ3v) is 4.78. The van der Waals surface area contributed by atoms with Gasteiger partial charge in [-0.15, -0.1) is 0 Å². The van der Waals surface area contributed by atoms with E-state index in [1.165, 1.54) is 16.8 Å². The highest BCUT2D eigenvalue weighted by Crippen LogP contribution is 2.29. The average molecular weight is 346 g/mol. The molecule has 0 fully saturated rings. The SMILES string of the molecule is CCn1nc(C)c(C(C)NCC2=Cc3cc(Cl)ccc3OC2)c1C. The van der Waals surface area contributed by atoms with Gasteiger partial charge in [0.05, 0.1) is 5.69 Å². The van der Waals surface area contributed by atoms with Crippen molar-refractivity contribution < 1.29 is 4.74 Å². The second-order valence-corrected chi connectivity index (χ2v) is 6.71. The lowest BCUT2D eigenvalue weighted by Gasteiger charge is -2.21. The van der Waals surface area contributed by atoms with Crippen LogP contribution in [0.4, 0.5) is 0 Å². The number of rotatable bonds is 5. The summed E-state index contributed by atoms with van der Waals surface area (Å²) < 4.78 is 7.87. The Labute approximate surface area is 148 Å². The Balaban J connectivity index is 1.71. The number of nitrogens with one attached hydrogen (secondary N) is 1. The fraction of sp³-hybridized carbons (Fsp3) is 0.421. The Bertz CT molecular complexity index is 779. The van der Waals surface area contributed by atoms with Crippen LogP contribution in [0.15, 0.2) is 23.8 Å². The molecule has 3 rings (SSSR count). The maximum atomic E-state index is 6.07. The second-order valence-electron chi connectivity index (χ2n) is 6.28. The van der Waals surface area contributed by atoms with Crippen molar-refractivity contribution in [2.45, 2.75) is 40.3 Å². The molecule has 1 atom stereocenters. The Morgan fingerprint density at radius 1 is 1.38 bits per heavy atom. The van der Waals surface area contributed by atoms with E-state index in [4.69, 9.17) is 16.3 Å². The summed E-state index contributed by atoms with van der Waals surface area (Å²) in [5.41, 5.74) is 5.89. The van der Waals surface area contributed by atoms with Crippen LogP contribution in [0.5, 0.6) is 5.75 Å². The highest BCUT2D eigenvalue weighted by atomic mass is 35.5. The number of benzene rings is 1. The van der Waals surface area contributed by atoms with Crippen LogP contribution in [-0.4, -0.2) is 22.9 Å². The van der Waals surface area contributed by atoms with E-state index in [-0.39, 0.29) is 6.04 Å². The first-order valence-electron chi connectivity index (χ1n) is 8.38. The second kappa shape index (κ2) is 6.99. The molecule has 0 radical (unpaired) electrons. The van der Waals surface area contributed by atoms with E-state index in [9.17, 15) is 0 Å². The average Bonchev–Trinajstić information content (AvgIpc) is 2.86. The summed E-state index contributed by atoms with van der Waals surface area (Å²) >= 11 is 6.07. The first kappa shape index (κ1) is 17.1. The topological polar surface area (TPSA) is 39.1 Å². The lowest BCUT2D eigenvalue weighted by atomic mass is 10.0. The molecule has 0 spiro atoms. The van der Waals surface area contributed by atoms with Gasteiger partial charge in [0.15, 0.2) is 0 Å². The maximum absolute atomic E-state index is 6.07. The number of halogens is 1. The van der Waals surface area contributed by atoms with Crippen LogP contribution in [-0.2, 0) is 6.54 Å². The van der Waals surface area contributed by atoms with E-state index < -0.39 is 0 Å². The van der Waals surface area contributed by atoms with Crippen molar-refractivity contribution in [3.63, 3.8) is 0 Å². The molecule has 0 saturated carbocycles. The number of aryl methyl sites for hydroxylation is 2. The Morgan fingerprint density at radius 2 is 2.17 bits per heavy atom. The summed E-state index contributed by atoms with van der Waals surface area (Å²) in [6, 6.07) is 5.97. The molecule has 4 nitrogen and oxygen atoms in total. The predicted octanol–water partition coefficient (Wildman–Crippen LogP) is 4.30. The zero-order valence-corrected chi connectivity index (χ0v) is 15.4. The molecule has 1 N–H and O–H groups in total. The van der Waals surface area contributed by atoms with Gasteiger partial charge in [-0.2, -0.15) is 5.10 Å². The molecule has 0 amide bonds. The van der Waals surface area contributed by atoms with Gasteiger partial charge in [0, 0.05) is 41.0 Å². The zero-order valence-electron chi connectivity index (χ0n) is 14.7. The number of aromatic nitrogens is 2. The molecule has 2 aromatic rings. The molecule has 0 aliphatic carbocycles. The molecule has 5 heteroatoms. The van der Waals surface area contributed by atoms with Crippen molar-refractivity contribution in [3.8, 4) is 5.75 Å². The minimum atomic E-state index is 0.243. The van der Waals surface area contributed by atoms with E-state index in [0.29, 0.717) is 6.61 Å². The van der Waals surface area contributed by atoms with E-state index in [2.05, 4.69) is 48.9 Å². The third-order valence-electron chi connectivity index (χ3n) is 4.55. The van der Waals surface area contributed by atoms with Crippen LogP contribution in [0.25, 0.3) is 6.08 Å². The molecule has 0 bridgehead atoms. The predicted molar refractivity (Wildman–Crippen MR) is 98.7 cm³/mol. The molecule has 1 aliphatic heterocycles. The number of nitrogens with zero attached hydrogens (tertiary/aromatic N) is 2. The van der Waals surface area contributed by atoms with Gasteiger partial charge >= 0.3 is 0 Å². The first-order chi connectivity index (χ1) is 11.5. The van der Waals surface area contributed by atoms with Crippen molar-refractivity contribution >= 4 is 17.7 Å². The molecule has 2 heterocycles. The van der Waals surface area contributed by atoms with Gasteiger partial charge in [0.1, 0.15) is 12.4 Å². The number of fused-ring (bicyclic) bond motifs is 1. The highest BCUT2D eigenvalue weighted by molar-refractivity contribution is 6.30. The quantitative estimate of drug-likeness (QED) is 0.878. The van der Waals surface area contributed by atoms with Gasteiger partial charge in [0.25, 0.3) is 0 Å². The van der Waals surface area contributed by atoms with Gasteiger partial charge in [-0.1, -0.05) is 11.6 Å². The largest absolute Gasteiger partial charge is 0.489 e. The Morgan fingerprint density at radius 3 is 2.88 bits per heavy atom. The van der Waals surface area contributed by atoms with Crippen molar-refractivity contribution in [1.82, 2.24) is 15.1 Å². The van der Waals surface area contributed by atoms with Crippen molar-refractivity contribution in [2.24, 2.45) is 0 Å². The molecule has 1 aromatic heterocycles. The molecule has 1 aromatic carbocycles. The molecule has 24 heavy (non-hydrogen) atoms. The van der Waals surface area contributed by atoms with Crippen LogP contribution in [0.1, 0.15) is 42.4 Å². The number of ether oxygens (including phenoxy) is 1. The van der Waals surface area contributed by atoms with Crippen molar-refractivity contribution in [3.05, 3.63) is 51.3 Å². The van der Waals surface area contributed by atoms with Gasteiger partial charge in [-0.25, -0.2) is 0 Å². The van der Waals surface area contributed by atoms with E-state index in [1.807, 2.05) is 18.2 Å². The van der Waals surface area contributed by atoms with Crippen LogP contribution < -0.4 is 10.1 Å². The molecule has 128 valence electrons. The van der Waals surface area contributed by atoms with Crippen LogP contribution in [0.2, 0.25) is 5.02 Å². The minimum absolute atomic E-state index is 0.243. The number of hydrogen-bond donors (Lipinski definition) is 1. The van der Waals surface area contributed by atoms with E-state index in [0.717, 1.165) is 35.1 Å². The Kier molecular flexibility index (Phi) is 4.97. The third kappa shape index (κ3) is 3.35. The van der Waals surface area contributed by atoms with Crippen molar-refractivity contribution in [2.75, 3.05) is 13.2 Å². The van der Waals surface area contributed by atoms with Gasteiger partial charge in [0.2, 0.25) is 0 Å². The first-order valence-corrected chi connectivity index (χ1v) is 8.76. The summed E-state index contributed by atoms with van der Waals surface area (Å²) in [6.07, 6.45) is 2.17. The molecular formula is C19H24ClN3O. The fourth-order valence-corrected chi connectivity index (χ4v) is 3.51. The lowest BCUT2D eigenvalue weighted by Crippen LogP contribution is -2.25. The normalized spacial score (nSPS) is 14.8. The van der Waals surface area contributed by atoms with E-state index >= 15 is 0 Å². The molecular weight excluding hydrogens is 322 g/mol. The van der Waals surface area contributed by atoms with Gasteiger partial charge in [-0.3, -0.25) is 4.68 Å². The van der Waals surface area contributed by atoms with Gasteiger partial charge in [-0.05, 0) is 57.5 Å². The molecule has 1 aliphatic rings. The van der Waals surface area contributed by atoms with Crippen LogP contribution in [0, 0.1) is 13.8 Å². The van der Waals surface area contributed by atoms with Crippen LogP contribution >= 0.6 is 11.6 Å². The summed E-state index contributed by atoms with van der Waals surface area (Å²) in [5.74, 6) is 0.895. The smallest absolute Gasteiger partial charge is 0.127 e. The fourth-order valence-electron chi connectivity index (χ4n) is 3.33. The zero-order chi connectivity index (χ0) is 17.3. The van der Waals surface area contributed by atoms with Gasteiger partial charge < -0.3 is 10.1 Å². The molecule has 1 unspecified atom stereocenters.